The van der Waals surface area contributed by atoms with Crippen LogP contribution in [0.4, 0.5) is 5.69 Å². The Bertz CT molecular complexity index is 526. The molecule has 1 aromatic carbocycles. The van der Waals surface area contributed by atoms with Gasteiger partial charge < -0.3 is 15.4 Å². The number of nitrogens with two attached hydrogens (primary N) is 1. The second kappa shape index (κ2) is 7.31. The van der Waals surface area contributed by atoms with Gasteiger partial charge in [0.1, 0.15) is 0 Å². The maximum absolute atomic E-state index is 12.0. The van der Waals surface area contributed by atoms with E-state index in [1.807, 2.05) is 0 Å². The van der Waals surface area contributed by atoms with Gasteiger partial charge in [0.2, 0.25) is 0 Å². The highest BCUT2D eigenvalue weighted by molar-refractivity contribution is 6.33. The zero-order valence-corrected chi connectivity index (χ0v) is 12.6. The molecule has 0 atom stereocenters. The van der Waals surface area contributed by atoms with Crippen molar-refractivity contribution in [1.29, 1.82) is 0 Å². The zero-order chi connectivity index (χ0) is 15.2. The summed E-state index contributed by atoms with van der Waals surface area (Å²) in [6, 6.07) is 4.50. The lowest BCUT2D eigenvalue weighted by Gasteiger charge is -2.19. The average Bonchev–Trinajstić information content (AvgIpc) is 2.76. The second-order valence-electron chi connectivity index (χ2n) is 5.11. The van der Waals surface area contributed by atoms with Gasteiger partial charge >= 0.3 is 5.97 Å². The molecule has 21 heavy (non-hydrogen) atoms. The molecule has 0 aromatic heterocycles. The number of likely N-dealkylation sites (tertiary alicyclic amines) is 1. The first-order valence-electron chi connectivity index (χ1n) is 7.08. The number of nitrogens with zero attached hydrogens (tertiary/aromatic N) is 1. The van der Waals surface area contributed by atoms with Gasteiger partial charge in [0.05, 0.1) is 16.3 Å². The maximum Gasteiger partial charge on any atom is 0.338 e. The van der Waals surface area contributed by atoms with E-state index in [1.165, 1.54) is 18.2 Å². The van der Waals surface area contributed by atoms with Crippen molar-refractivity contribution >= 4 is 29.2 Å². The number of nitrogen functional groups attached to an aromatic ring is 1. The van der Waals surface area contributed by atoms with Crippen LogP contribution in [0, 0.1) is 0 Å². The van der Waals surface area contributed by atoms with Crippen LogP contribution in [0.15, 0.2) is 18.2 Å². The molecule has 0 bridgehead atoms. The van der Waals surface area contributed by atoms with Crippen LogP contribution in [0.3, 0.4) is 0 Å². The normalized spacial score (nSPS) is 15.4. The van der Waals surface area contributed by atoms with Crippen LogP contribution in [0.1, 0.15) is 36.0 Å². The molecule has 5 nitrogen and oxygen atoms in total. The van der Waals surface area contributed by atoms with Crippen molar-refractivity contribution < 1.29 is 14.3 Å². The van der Waals surface area contributed by atoms with Crippen LogP contribution in [-0.2, 0) is 9.53 Å². The quantitative estimate of drug-likeness (QED) is 0.687. The molecule has 6 heteroatoms. The van der Waals surface area contributed by atoms with Crippen molar-refractivity contribution in [2.24, 2.45) is 0 Å². The minimum absolute atomic E-state index is 0.146. The number of carbonyl (C=O) groups is 2. The summed E-state index contributed by atoms with van der Waals surface area (Å²) < 4.78 is 5.05. The molecule has 1 saturated heterocycles. The lowest BCUT2D eigenvalue weighted by atomic mass is 10.2. The zero-order valence-electron chi connectivity index (χ0n) is 11.8. The van der Waals surface area contributed by atoms with Crippen LogP contribution in [0.25, 0.3) is 0 Å². The third kappa shape index (κ3) is 4.36. The molecular weight excluding hydrogens is 292 g/mol. The molecule has 1 aromatic rings. The van der Waals surface area contributed by atoms with Crippen LogP contribution in [0.5, 0.6) is 0 Å². The summed E-state index contributed by atoms with van der Waals surface area (Å²) in [4.78, 5) is 25.6. The monoisotopic (exact) mass is 310 g/mol. The van der Waals surface area contributed by atoms with Crippen molar-refractivity contribution in [1.82, 2.24) is 4.90 Å². The molecule has 1 aliphatic rings. The van der Waals surface area contributed by atoms with E-state index in [1.54, 1.807) is 4.90 Å². The van der Waals surface area contributed by atoms with Crippen molar-refractivity contribution in [2.45, 2.75) is 25.7 Å². The van der Waals surface area contributed by atoms with Gasteiger partial charge in [-0.25, -0.2) is 4.79 Å². The fourth-order valence-corrected chi connectivity index (χ4v) is 2.41. The first-order chi connectivity index (χ1) is 10.1. The molecule has 0 radical (unpaired) electrons. The lowest BCUT2D eigenvalue weighted by molar-refractivity contribution is -0.134. The van der Waals surface area contributed by atoms with Gasteiger partial charge in [-0.1, -0.05) is 24.4 Å². The second-order valence-corrected chi connectivity index (χ2v) is 5.51. The Hall–Kier alpha value is -1.75. The fraction of sp³-hybridized carbons (Fsp3) is 0.467. The van der Waals surface area contributed by atoms with E-state index < -0.39 is 5.97 Å². The summed E-state index contributed by atoms with van der Waals surface area (Å²) in [5.41, 5.74) is 6.24. The number of hydrogen-bond donors (Lipinski definition) is 1. The van der Waals surface area contributed by atoms with Crippen molar-refractivity contribution in [3.8, 4) is 0 Å². The summed E-state index contributed by atoms with van der Waals surface area (Å²) in [5, 5.41) is 0.382. The number of carbonyl (C=O) groups excluding carboxylic acids is 2. The van der Waals surface area contributed by atoms with Crippen LogP contribution in [-0.4, -0.2) is 36.5 Å². The summed E-state index contributed by atoms with van der Waals surface area (Å²) in [5.74, 6) is -0.714. The summed E-state index contributed by atoms with van der Waals surface area (Å²) in [7, 11) is 0. The van der Waals surface area contributed by atoms with Gasteiger partial charge in [0.25, 0.3) is 5.91 Å². The summed E-state index contributed by atoms with van der Waals surface area (Å²) in [6.07, 6.45) is 4.31. The van der Waals surface area contributed by atoms with Crippen molar-refractivity contribution in [3.05, 3.63) is 28.8 Å². The molecule has 1 heterocycles. The Morgan fingerprint density at radius 1 is 1.19 bits per heavy atom. The predicted molar refractivity (Wildman–Crippen MR) is 81.2 cm³/mol. The number of halogens is 1. The number of benzene rings is 1. The SMILES string of the molecule is Nc1cc(C(=O)OCC(=O)N2CCCCCC2)ccc1Cl. The summed E-state index contributed by atoms with van der Waals surface area (Å²) in [6.45, 7) is 1.25. The highest BCUT2D eigenvalue weighted by Gasteiger charge is 2.18. The third-order valence-corrected chi connectivity index (χ3v) is 3.86. The molecule has 0 aliphatic carbocycles. The van der Waals surface area contributed by atoms with E-state index in [4.69, 9.17) is 22.1 Å². The predicted octanol–water partition coefficient (Wildman–Crippen LogP) is 2.48. The van der Waals surface area contributed by atoms with Gasteiger partial charge in [-0.3, -0.25) is 4.79 Å². The first kappa shape index (κ1) is 15.6. The van der Waals surface area contributed by atoms with Crippen molar-refractivity contribution in [2.75, 3.05) is 25.4 Å². The molecular formula is C15H19ClN2O3. The minimum atomic E-state index is -0.568. The molecule has 1 aliphatic heterocycles. The largest absolute Gasteiger partial charge is 0.452 e. The molecule has 2 N–H and O–H groups in total. The molecule has 1 amide bonds. The Labute approximate surface area is 129 Å². The Kier molecular flexibility index (Phi) is 5.44. The Balaban J connectivity index is 1.87. The summed E-state index contributed by atoms with van der Waals surface area (Å²) >= 11 is 5.79. The van der Waals surface area contributed by atoms with E-state index in [-0.39, 0.29) is 12.5 Å². The van der Waals surface area contributed by atoms with E-state index in [0.717, 1.165) is 38.8 Å². The van der Waals surface area contributed by atoms with Crippen LogP contribution >= 0.6 is 11.6 Å². The highest BCUT2D eigenvalue weighted by Crippen LogP contribution is 2.20. The maximum atomic E-state index is 12.0. The van der Waals surface area contributed by atoms with Gasteiger partial charge in [0.15, 0.2) is 6.61 Å². The van der Waals surface area contributed by atoms with E-state index >= 15 is 0 Å². The number of esters is 1. The standard InChI is InChI=1S/C15H19ClN2O3/c16-12-6-5-11(9-13(12)17)15(20)21-10-14(19)18-7-3-1-2-4-8-18/h5-6,9H,1-4,7-8,10,17H2. The molecule has 0 saturated carbocycles. The topological polar surface area (TPSA) is 72.6 Å². The molecule has 0 unspecified atom stereocenters. The smallest absolute Gasteiger partial charge is 0.338 e. The minimum Gasteiger partial charge on any atom is -0.452 e. The van der Waals surface area contributed by atoms with Crippen LogP contribution < -0.4 is 5.73 Å². The first-order valence-corrected chi connectivity index (χ1v) is 7.45. The average molecular weight is 311 g/mol. The molecule has 114 valence electrons. The van der Waals surface area contributed by atoms with E-state index in [0.29, 0.717) is 16.3 Å². The lowest BCUT2D eigenvalue weighted by Crippen LogP contribution is -2.35. The van der Waals surface area contributed by atoms with Gasteiger partial charge in [-0.15, -0.1) is 0 Å². The number of amides is 1. The Morgan fingerprint density at radius 2 is 1.86 bits per heavy atom. The van der Waals surface area contributed by atoms with Gasteiger partial charge in [-0.2, -0.15) is 0 Å². The highest BCUT2D eigenvalue weighted by atomic mass is 35.5. The van der Waals surface area contributed by atoms with E-state index in [2.05, 4.69) is 0 Å². The van der Waals surface area contributed by atoms with Crippen LogP contribution in [0.2, 0.25) is 5.02 Å². The van der Waals surface area contributed by atoms with E-state index in [9.17, 15) is 9.59 Å². The van der Waals surface area contributed by atoms with Crippen molar-refractivity contribution in [3.63, 3.8) is 0 Å². The number of anilines is 1. The Morgan fingerprint density at radius 3 is 2.48 bits per heavy atom. The van der Waals surface area contributed by atoms with Gasteiger partial charge in [-0.05, 0) is 31.0 Å². The fourth-order valence-electron chi connectivity index (χ4n) is 2.29. The number of hydrogen-bond acceptors (Lipinski definition) is 4. The van der Waals surface area contributed by atoms with Gasteiger partial charge in [0, 0.05) is 13.1 Å². The number of ether oxygens (including phenoxy) is 1. The molecule has 1 fully saturated rings. The molecule has 0 spiro atoms. The molecule has 2 rings (SSSR count). The third-order valence-electron chi connectivity index (χ3n) is 3.52. The number of rotatable bonds is 3.